The molecular weight excluding hydrogens is 618 g/mol. The van der Waals surface area contributed by atoms with Crippen LogP contribution in [-0.2, 0) is 31.9 Å². The van der Waals surface area contributed by atoms with Gasteiger partial charge in [0, 0.05) is 12.1 Å². The molecule has 48 heavy (non-hydrogen) atoms. The fourth-order valence-corrected chi connectivity index (χ4v) is 6.15. The summed E-state index contributed by atoms with van der Waals surface area (Å²) in [4.78, 5) is 52.4. The van der Waals surface area contributed by atoms with E-state index in [1.54, 1.807) is 30.2 Å². The number of imidazole rings is 1. The van der Waals surface area contributed by atoms with Gasteiger partial charge in [0.15, 0.2) is 0 Å². The zero-order chi connectivity index (χ0) is 34.5. The summed E-state index contributed by atoms with van der Waals surface area (Å²) >= 11 is 0. The van der Waals surface area contributed by atoms with Crippen molar-refractivity contribution in [2.45, 2.75) is 71.0 Å². The van der Waals surface area contributed by atoms with Crippen LogP contribution in [0.5, 0.6) is 0 Å². The van der Waals surface area contributed by atoms with Crippen molar-refractivity contribution in [2.75, 3.05) is 20.3 Å². The molecule has 1 aromatic heterocycles. The molecule has 2 aromatic carbocycles. The van der Waals surface area contributed by atoms with E-state index in [0.29, 0.717) is 22.7 Å². The van der Waals surface area contributed by atoms with E-state index >= 15 is 0 Å². The van der Waals surface area contributed by atoms with Crippen molar-refractivity contribution in [1.29, 1.82) is 0 Å². The number of urea groups is 1. The van der Waals surface area contributed by atoms with Gasteiger partial charge in [0.05, 0.1) is 50.0 Å². The van der Waals surface area contributed by atoms with Crippen molar-refractivity contribution >= 4 is 30.6 Å². The van der Waals surface area contributed by atoms with Gasteiger partial charge in [-0.25, -0.2) is 19.0 Å². The lowest BCUT2D eigenvalue weighted by atomic mass is 9.79. The number of H-pyrrole nitrogens is 1. The van der Waals surface area contributed by atoms with Crippen LogP contribution in [0.1, 0.15) is 57.6 Å². The monoisotopic (exact) mass is 658 g/mol. The molecule has 14 heteroatoms. The highest BCUT2D eigenvalue weighted by atomic mass is 19.1. The molecule has 2 saturated heterocycles. The van der Waals surface area contributed by atoms with E-state index in [1.165, 1.54) is 23.0 Å². The quantitative estimate of drug-likeness (QED) is 0.302. The molecule has 12 nitrogen and oxygen atoms in total. The summed E-state index contributed by atoms with van der Waals surface area (Å²) in [6.07, 6.45) is 0.885. The SMILES string of the molecule is C=C(C)[C@H](NC(=O)OC)C(=O)N1CN(C(=O)N2Cc3cccc(F)c3C2)C[C@H]1c1ncc(-c2ccc(B3OC(C)(C)C(C)(C)O3)cc2)[nH]1. The molecule has 4 amide bonds. The second-order valence-corrected chi connectivity index (χ2v) is 13.5. The Hall–Kier alpha value is -4.69. The normalized spacial score (nSPS) is 20.1. The van der Waals surface area contributed by atoms with Crippen molar-refractivity contribution in [3.05, 3.63) is 83.6 Å². The van der Waals surface area contributed by atoms with Gasteiger partial charge >= 0.3 is 19.2 Å². The molecule has 0 unspecified atom stereocenters. The van der Waals surface area contributed by atoms with Crippen molar-refractivity contribution in [3.63, 3.8) is 0 Å². The number of nitrogens with one attached hydrogen (secondary N) is 2. The van der Waals surface area contributed by atoms with Crippen LogP contribution < -0.4 is 10.8 Å². The van der Waals surface area contributed by atoms with E-state index in [1.807, 2.05) is 52.0 Å². The average Bonchev–Trinajstić information content (AvgIpc) is 3.84. The van der Waals surface area contributed by atoms with Crippen LogP contribution in [-0.4, -0.2) is 87.4 Å². The Balaban J connectivity index is 1.25. The molecule has 0 aliphatic carbocycles. The number of aromatic nitrogens is 2. The maximum absolute atomic E-state index is 14.5. The molecule has 0 bridgehead atoms. The Kier molecular flexibility index (Phi) is 8.58. The van der Waals surface area contributed by atoms with Gasteiger partial charge in [-0.05, 0) is 62.8 Å². The summed E-state index contributed by atoms with van der Waals surface area (Å²) in [7, 11) is 0.708. The number of alkyl carbamates (subject to hydrolysis) is 1. The van der Waals surface area contributed by atoms with Crippen LogP contribution in [0, 0.1) is 5.82 Å². The van der Waals surface area contributed by atoms with Crippen molar-refractivity contribution in [3.8, 4) is 11.3 Å². The summed E-state index contributed by atoms with van der Waals surface area (Å²) in [6.45, 7) is 14.0. The number of aromatic amines is 1. The van der Waals surface area contributed by atoms with Gasteiger partial charge in [-0.1, -0.05) is 43.0 Å². The van der Waals surface area contributed by atoms with E-state index in [9.17, 15) is 18.8 Å². The predicted octanol–water partition coefficient (Wildman–Crippen LogP) is 4.09. The third-order valence-electron chi connectivity index (χ3n) is 9.69. The molecule has 3 aliphatic heterocycles. The van der Waals surface area contributed by atoms with Gasteiger partial charge in [-0.3, -0.25) is 4.79 Å². The first kappa shape index (κ1) is 33.2. The molecule has 6 rings (SSSR count). The highest BCUT2D eigenvalue weighted by molar-refractivity contribution is 6.62. The molecule has 252 valence electrons. The maximum Gasteiger partial charge on any atom is 0.494 e. The van der Waals surface area contributed by atoms with Crippen LogP contribution in [0.2, 0.25) is 0 Å². The van der Waals surface area contributed by atoms with Gasteiger partial charge in [-0.15, -0.1) is 0 Å². The number of fused-ring (bicyclic) bond motifs is 1. The Morgan fingerprint density at radius 3 is 2.40 bits per heavy atom. The first-order valence-corrected chi connectivity index (χ1v) is 15.8. The lowest BCUT2D eigenvalue weighted by Crippen LogP contribution is -2.50. The zero-order valence-electron chi connectivity index (χ0n) is 28.0. The molecule has 3 aromatic rings. The molecule has 2 atom stereocenters. The third-order valence-corrected chi connectivity index (χ3v) is 9.69. The number of halogens is 1. The van der Waals surface area contributed by atoms with Crippen LogP contribution in [0.4, 0.5) is 14.0 Å². The summed E-state index contributed by atoms with van der Waals surface area (Å²) in [5.74, 6) is -0.379. The number of rotatable bonds is 6. The Bertz CT molecular complexity index is 1740. The van der Waals surface area contributed by atoms with Crippen molar-refractivity contribution < 1.29 is 32.8 Å². The molecule has 3 aliphatic rings. The van der Waals surface area contributed by atoms with Gasteiger partial charge < -0.3 is 39.0 Å². The average molecular weight is 659 g/mol. The van der Waals surface area contributed by atoms with E-state index in [0.717, 1.165) is 16.6 Å². The van der Waals surface area contributed by atoms with E-state index < -0.39 is 42.4 Å². The molecule has 0 radical (unpaired) electrons. The fraction of sp³-hybridized carbons (Fsp3) is 0.412. The number of hydrogen-bond donors (Lipinski definition) is 2. The number of ether oxygens (including phenoxy) is 1. The van der Waals surface area contributed by atoms with Crippen LogP contribution in [0.3, 0.4) is 0 Å². The molecule has 4 heterocycles. The topological polar surface area (TPSA) is 129 Å². The van der Waals surface area contributed by atoms with Crippen molar-refractivity contribution in [1.82, 2.24) is 30.0 Å². The highest BCUT2D eigenvalue weighted by Gasteiger charge is 2.51. The minimum absolute atomic E-state index is 0.0802. The van der Waals surface area contributed by atoms with E-state index in [2.05, 4.69) is 21.9 Å². The fourth-order valence-electron chi connectivity index (χ4n) is 6.15. The second kappa shape index (κ2) is 12.4. The van der Waals surface area contributed by atoms with E-state index in [4.69, 9.17) is 14.0 Å². The summed E-state index contributed by atoms with van der Waals surface area (Å²) in [6, 6.07) is 10.4. The number of methoxy groups -OCH3 is 1. The number of carbonyl (C=O) groups is 3. The van der Waals surface area contributed by atoms with E-state index in [-0.39, 0.29) is 38.2 Å². The summed E-state index contributed by atoms with van der Waals surface area (Å²) in [5.41, 5.74) is 3.14. The minimum atomic E-state index is -1.10. The predicted molar refractivity (Wildman–Crippen MR) is 176 cm³/mol. The lowest BCUT2D eigenvalue weighted by Gasteiger charge is -2.32. The highest BCUT2D eigenvalue weighted by Crippen LogP contribution is 2.37. The Morgan fingerprint density at radius 2 is 1.77 bits per heavy atom. The van der Waals surface area contributed by atoms with Crippen LogP contribution in [0.25, 0.3) is 11.3 Å². The number of hydrogen-bond acceptors (Lipinski definition) is 7. The summed E-state index contributed by atoms with van der Waals surface area (Å²) < 4.78 is 31.6. The molecule has 2 N–H and O–H groups in total. The van der Waals surface area contributed by atoms with Gasteiger partial charge in [0.1, 0.15) is 23.7 Å². The first-order valence-electron chi connectivity index (χ1n) is 15.8. The first-order chi connectivity index (χ1) is 22.7. The third kappa shape index (κ3) is 6.05. The standard InChI is InChI=1S/C34H40BFN6O6/c1-20(2)28(39-31(44)46-7)30(43)42-19-41(32(45)40-16-22-9-8-10-25(36)24(22)17-40)18-27(42)29-37-15-26(38-29)21-11-13-23(14-12-21)35-47-33(3,4)34(5,6)48-35/h8-15,27-28H,1,16-19H2,2-7H3,(H,37,38)(H,39,44)/t27-,28-/m0/s1. The smallest absolute Gasteiger partial charge is 0.453 e. The van der Waals surface area contributed by atoms with Gasteiger partial charge in [-0.2, -0.15) is 0 Å². The zero-order valence-corrected chi connectivity index (χ0v) is 28.0. The molecule has 0 saturated carbocycles. The minimum Gasteiger partial charge on any atom is -0.453 e. The summed E-state index contributed by atoms with van der Waals surface area (Å²) in [5, 5.41) is 2.54. The van der Waals surface area contributed by atoms with Crippen molar-refractivity contribution in [2.24, 2.45) is 0 Å². The molecule has 2 fully saturated rings. The molecule has 0 spiro atoms. The Labute approximate surface area is 279 Å². The van der Waals surface area contributed by atoms with Gasteiger partial charge in [0.2, 0.25) is 0 Å². The second-order valence-electron chi connectivity index (χ2n) is 13.5. The Morgan fingerprint density at radius 1 is 1.08 bits per heavy atom. The number of amides is 4. The molecular formula is C34H40BFN6O6. The van der Waals surface area contributed by atoms with Gasteiger partial charge in [0.25, 0.3) is 5.91 Å². The van der Waals surface area contributed by atoms with Crippen LogP contribution >= 0.6 is 0 Å². The number of carbonyl (C=O) groups excluding carboxylic acids is 3. The largest absolute Gasteiger partial charge is 0.494 e. The number of benzene rings is 2. The van der Waals surface area contributed by atoms with Crippen LogP contribution in [0.15, 0.2) is 60.8 Å². The maximum atomic E-state index is 14.5. The number of nitrogens with zero attached hydrogens (tertiary/aromatic N) is 4. The lowest BCUT2D eigenvalue weighted by molar-refractivity contribution is -0.133.